The van der Waals surface area contributed by atoms with Crippen LogP contribution in [0.5, 0.6) is 5.75 Å². The van der Waals surface area contributed by atoms with Crippen molar-refractivity contribution >= 4 is 17.5 Å². The summed E-state index contributed by atoms with van der Waals surface area (Å²) in [5, 5.41) is 2.96. The highest BCUT2D eigenvalue weighted by atomic mass is 16.5. The van der Waals surface area contributed by atoms with Gasteiger partial charge in [0.05, 0.1) is 7.11 Å². The lowest BCUT2D eigenvalue weighted by Gasteiger charge is -2.34. The summed E-state index contributed by atoms with van der Waals surface area (Å²) < 4.78 is 5.31. The highest BCUT2D eigenvalue weighted by molar-refractivity contribution is 6.03. The number of fused-ring (bicyclic) bond motifs is 1. The Labute approximate surface area is 166 Å². The molecule has 1 N–H and O–H groups in total. The van der Waals surface area contributed by atoms with Crippen molar-refractivity contribution < 1.29 is 14.3 Å². The van der Waals surface area contributed by atoms with Gasteiger partial charge in [0, 0.05) is 17.8 Å². The smallest absolute Gasteiger partial charge is 0.251 e. The number of ether oxygens (including phenoxy) is 1. The maximum atomic E-state index is 13.4. The number of carbonyl (C=O) groups is 2. The van der Waals surface area contributed by atoms with E-state index in [0.29, 0.717) is 12.1 Å². The van der Waals surface area contributed by atoms with Gasteiger partial charge in [-0.2, -0.15) is 0 Å². The third-order valence-corrected chi connectivity index (χ3v) is 5.17. The number of nitrogens with zero attached hydrogens (tertiary/aromatic N) is 1. The SMILES string of the molecule is COc1ccc2c(c1)CCCN2C(=O)C(NC(=O)c1cccc(C)c1)C(C)C. The van der Waals surface area contributed by atoms with Crippen LogP contribution in [0, 0.1) is 12.8 Å². The van der Waals surface area contributed by atoms with Crippen molar-refractivity contribution in [3.8, 4) is 5.75 Å². The van der Waals surface area contributed by atoms with E-state index in [4.69, 9.17) is 4.74 Å². The van der Waals surface area contributed by atoms with E-state index in [1.807, 2.05) is 57.2 Å². The second-order valence-corrected chi connectivity index (χ2v) is 7.65. The molecule has 0 aliphatic carbocycles. The van der Waals surface area contributed by atoms with Crippen LogP contribution < -0.4 is 15.0 Å². The minimum atomic E-state index is -0.582. The summed E-state index contributed by atoms with van der Waals surface area (Å²) in [6.45, 7) is 6.51. The lowest BCUT2D eigenvalue weighted by atomic mass is 9.97. The van der Waals surface area contributed by atoms with Crippen LogP contribution in [-0.4, -0.2) is 31.5 Å². The molecule has 0 spiro atoms. The number of aryl methyl sites for hydroxylation is 2. The molecule has 5 nitrogen and oxygen atoms in total. The van der Waals surface area contributed by atoms with Crippen molar-refractivity contribution in [2.24, 2.45) is 5.92 Å². The number of benzene rings is 2. The normalized spacial score (nSPS) is 14.4. The number of methoxy groups -OCH3 is 1. The zero-order valence-corrected chi connectivity index (χ0v) is 17.0. The van der Waals surface area contributed by atoms with E-state index >= 15 is 0 Å². The fourth-order valence-electron chi connectivity index (χ4n) is 3.62. The Balaban J connectivity index is 1.83. The van der Waals surface area contributed by atoms with Crippen LogP contribution in [0.4, 0.5) is 5.69 Å². The number of rotatable bonds is 5. The maximum Gasteiger partial charge on any atom is 0.251 e. The molecule has 1 atom stereocenters. The maximum absolute atomic E-state index is 13.4. The van der Waals surface area contributed by atoms with Crippen molar-refractivity contribution in [3.05, 3.63) is 59.2 Å². The van der Waals surface area contributed by atoms with Crippen LogP contribution in [-0.2, 0) is 11.2 Å². The minimum Gasteiger partial charge on any atom is -0.497 e. The summed E-state index contributed by atoms with van der Waals surface area (Å²) in [6, 6.07) is 12.6. The van der Waals surface area contributed by atoms with Crippen LogP contribution in [0.1, 0.15) is 41.8 Å². The van der Waals surface area contributed by atoms with Crippen molar-refractivity contribution in [1.29, 1.82) is 0 Å². The van der Waals surface area contributed by atoms with Crippen molar-refractivity contribution in [2.45, 2.75) is 39.7 Å². The predicted octanol–water partition coefficient (Wildman–Crippen LogP) is 3.74. The number of carbonyl (C=O) groups excluding carboxylic acids is 2. The Kier molecular flexibility index (Phi) is 6.02. The van der Waals surface area contributed by atoms with Gasteiger partial charge >= 0.3 is 0 Å². The van der Waals surface area contributed by atoms with Crippen LogP contribution in [0.25, 0.3) is 0 Å². The Morgan fingerprint density at radius 3 is 2.61 bits per heavy atom. The number of hydrogen-bond donors (Lipinski definition) is 1. The van der Waals surface area contributed by atoms with Gasteiger partial charge in [0.25, 0.3) is 5.91 Å². The fraction of sp³-hybridized carbons (Fsp3) is 0.391. The highest BCUT2D eigenvalue weighted by Gasteiger charge is 2.32. The first-order valence-electron chi connectivity index (χ1n) is 9.76. The van der Waals surface area contributed by atoms with Gasteiger partial charge in [-0.05, 0) is 61.6 Å². The van der Waals surface area contributed by atoms with Crippen LogP contribution in [0.15, 0.2) is 42.5 Å². The molecule has 148 valence electrons. The molecule has 1 heterocycles. The van der Waals surface area contributed by atoms with Crippen molar-refractivity contribution in [2.75, 3.05) is 18.6 Å². The number of amides is 2. The number of nitrogens with one attached hydrogen (secondary N) is 1. The lowest BCUT2D eigenvalue weighted by molar-refractivity contribution is -0.121. The molecule has 1 aliphatic heterocycles. The van der Waals surface area contributed by atoms with E-state index < -0.39 is 6.04 Å². The van der Waals surface area contributed by atoms with E-state index in [9.17, 15) is 9.59 Å². The topological polar surface area (TPSA) is 58.6 Å². The number of anilines is 1. The third-order valence-electron chi connectivity index (χ3n) is 5.17. The summed E-state index contributed by atoms with van der Waals surface area (Å²) in [6.07, 6.45) is 1.81. The molecule has 0 aromatic heterocycles. The van der Waals surface area contributed by atoms with Gasteiger partial charge in [0.1, 0.15) is 11.8 Å². The molecule has 0 saturated carbocycles. The zero-order chi connectivity index (χ0) is 20.3. The van der Waals surface area contributed by atoms with Gasteiger partial charge in [0.2, 0.25) is 5.91 Å². The standard InChI is InChI=1S/C23H28N2O3/c1-15(2)21(24-22(26)18-8-5-7-16(3)13-18)23(27)25-12-6-9-17-14-19(28-4)10-11-20(17)25/h5,7-8,10-11,13-15,21H,6,9,12H2,1-4H3,(H,24,26). The molecule has 3 rings (SSSR count). The van der Waals surface area contributed by atoms with E-state index in [-0.39, 0.29) is 17.7 Å². The van der Waals surface area contributed by atoms with Gasteiger partial charge in [-0.15, -0.1) is 0 Å². The van der Waals surface area contributed by atoms with E-state index in [1.54, 1.807) is 18.1 Å². The van der Waals surface area contributed by atoms with Crippen LogP contribution in [0.3, 0.4) is 0 Å². The minimum absolute atomic E-state index is 0.0233. The number of hydrogen-bond acceptors (Lipinski definition) is 3. The van der Waals surface area contributed by atoms with Gasteiger partial charge < -0.3 is 15.0 Å². The van der Waals surface area contributed by atoms with Gasteiger partial charge in [-0.1, -0.05) is 31.5 Å². The average Bonchev–Trinajstić information content (AvgIpc) is 2.70. The first kappa shape index (κ1) is 19.9. The Hall–Kier alpha value is -2.82. The largest absolute Gasteiger partial charge is 0.497 e. The summed E-state index contributed by atoms with van der Waals surface area (Å²) in [5.41, 5.74) is 3.60. The molecular formula is C23H28N2O3. The molecule has 2 aromatic carbocycles. The van der Waals surface area contributed by atoms with Crippen molar-refractivity contribution in [3.63, 3.8) is 0 Å². The Bertz CT molecular complexity index is 876. The van der Waals surface area contributed by atoms with Gasteiger partial charge in [-0.3, -0.25) is 9.59 Å². The first-order chi connectivity index (χ1) is 13.4. The van der Waals surface area contributed by atoms with Gasteiger partial charge in [0.15, 0.2) is 0 Å². The molecule has 0 saturated heterocycles. The molecule has 28 heavy (non-hydrogen) atoms. The molecule has 0 bridgehead atoms. The lowest BCUT2D eigenvalue weighted by Crippen LogP contribution is -2.52. The van der Waals surface area contributed by atoms with E-state index in [2.05, 4.69) is 5.32 Å². The Morgan fingerprint density at radius 1 is 1.14 bits per heavy atom. The highest BCUT2D eigenvalue weighted by Crippen LogP contribution is 2.31. The quantitative estimate of drug-likeness (QED) is 0.860. The predicted molar refractivity (Wildman–Crippen MR) is 111 cm³/mol. The Morgan fingerprint density at radius 2 is 1.93 bits per heavy atom. The fourth-order valence-corrected chi connectivity index (χ4v) is 3.62. The molecular weight excluding hydrogens is 352 g/mol. The summed E-state index contributed by atoms with van der Waals surface area (Å²) in [5.74, 6) is 0.482. The van der Waals surface area contributed by atoms with Crippen LogP contribution >= 0.6 is 0 Å². The molecule has 0 radical (unpaired) electrons. The molecule has 1 aliphatic rings. The monoisotopic (exact) mass is 380 g/mol. The second-order valence-electron chi connectivity index (χ2n) is 7.65. The zero-order valence-electron chi connectivity index (χ0n) is 17.0. The second kappa shape index (κ2) is 8.46. The average molecular weight is 380 g/mol. The van der Waals surface area contributed by atoms with Gasteiger partial charge in [-0.25, -0.2) is 0 Å². The summed E-state index contributed by atoms with van der Waals surface area (Å²) in [4.78, 5) is 27.9. The summed E-state index contributed by atoms with van der Waals surface area (Å²) >= 11 is 0. The molecule has 2 amide bonds. The molecule has 5 heteroatoms. The first-order valence-corrected chi connectivity index (χ1v) is 9.76. The van der Waals surface area contributed by atoms with E-state index in [1.165, 1.54) is 0 Å². The molecule has 0 fully saturated rings. The molecule has 1 unspecified atom stereocenters. The molecule has 2 aromatic rings. The third kappa shape index (κ3) is 4.19. The van der Waals surface area contributed by atoms with Crippen molar-refractivity contribution in [1.82, 2.24) is 5.32 Å². The summed E-state index contributed by atoms with van der Waals surface area (Å²) in [7, 11) is 1.64. The van der Waals surface area contributed by atoms with E-state index in [0.717, 1.165) is 35.4 Å². The van der Waals surface area contributed by atoms with Crippen LogP contribution in [0.2, 0.25) is 0 Å².